The molecule has 1 heterocycles. The SMILES string of the molecule is Clc1ccc(CN=Cc2cccnc2)cc1. The van der Waals surface area contributed by atoms with Crippen LogP contribution in [0.3, 0.4) is 0 Å². The summed E-state index contributed by atoms with van der Waals surface area (Å²) >= 11 is 5.79. The summed E-state index contributed by atoms with van der Waals surface area (Å²) in [4.78, 5) is 8.35. The number of pyridine rings is 1. The van der Waals surface area contributed by atoms with Crippen molar-refractivity contribution in [3.8, 4) is 0 Å². The lowest BCUT2D eigenvalue weighted by molar-refractivity contribution is 1.08. The lowest BCUT2D eigenvalue weighted by Gasteiger charge is -1.96. The Morgan fingerprint density at radius 2 is 2.00 bits per heavy atom. The zero-order valence-corrected chi connectivity index (χ0v) is 9.43. The van der Waals surface area contributed by atoms with E-state index in [1.54, 1.807) is 12.4 Å². The first-order valence-electron chi connectivity index (χ1n) is 4.99. The smallest absolute Gasteiger partial charge is 0.0640 e. The van der Waals surface area contributed by atoms with Crippen molar-refractivity contribution < 1.29 is 0 Å². The van der Waals surface area contributed by atoms with Crippen molar-refractivity contribution in [1.29, 1.82) is 0 Å². The number of nitrogens with zero attached hydrogens (tertiary/aromatic N) is 2. The molecule has 2 nitrogen and oxygen atoms in total. The van der Waals surface area contributed by atoms with Gasteiger partial charge in [-0.25, -0.2) is 0 Å². The maximum absolute atomic E-state index is 5.79. The molecule has 2 aromatic rings. The molecule has 1 aromatic carbocycles. The average Bonchev–Trinajstić information content (AvgIpc) is 2.33. The Bertz CT molecular complexity index is 463. The van der Waals surface area contributed by atoms with Crippen molar-refractivity contribution in [2.45, 2.75) is 6.54 Å². The summed E-state index contributed by atoms with van der Waals surface area (Å²) in [7, 11) is 0. The van der Waals surface area contributed by atoms with E-state index < -0.39 is 0 Å². The fourth-order valence-corrected chi connectivity index (χ4v) is 1.42. The third-order valence-corrected chi connectivity index (χ3v) is 2.36. The number of hydrogen-bond donors (Lipinski definition) is 0. The van der Waals surface area contributed by atoms with E-state index in [4.69, 9.17) is 11.6 Å². The molecule has 3 heteroatoms. The van der Waals surface area contributed by atoms with E-state index in [1.807, 2.05) is 42.6 Å². The fraction of sp³-hybridized carbons (Fsp3) is 0.0769. The summed E-state index contributed by atoms with van der Waals surface area (Å²) in [6, 6.07) is 11.6. The molecule has 0 unspecified atom stereocenters. The van der Waals surface area contributed by atoms with E-state index in [1.165, 1.54) is 0 Å². The molecule has 0 saturated carbocycles. The normalized spacial score (nSPS) is 10.8. The molecule has 80 valence electrons. The van der Waals surface area contributed by atoms with Crippen molar-refractivity contribution in [2.24, 2.45) is 4.99 Å². The Morgan fingerprint density at radius 1 is 1.19 bits per heavy atom. The first kappa shape index (κ1) is 10.8. The largest absolute Gasteiger partial charge is 0.288 e. The predicted octanol–water partition coefficient (Wildman–Crippen LogP) is 3.35. The van der Waals surface area contributed by atoms with E-state index in [-0.39, 0.29) is 0 Å². The minimum Gasteiger partial charge on any atom is -0.288 e. The van der Waals surface area contributed by atoms with E-state index in [9.17, 15) is 0 Å². The molecular weight excluding hydrogens is 220 g/mol. The van der Waals surface area contributed by atoms with Crippen LogP contribution in [0.1, 0.15) is 11.1 Å². The van der Waals surface area contributed by atoms with Crippen molar-refractivity contribution >= 4 is 17.8 Å². The van der Waals surface area contributed by atoms with Gasteiger partial charge in [0.15, 0.2) is 0 Å². The number of halogens is 1. The summed E-state index contributed by atoms with van der Waals surface area (Å²) in [6.45, 7) is 0.659. The van der Waals surface area contributed by atoms with Crippen LogP contribution in [0.2, 0.25) is 5.02 Å². The van der Waals surface area contributed by atoms with Crippen LogP contribution >= 0.6 is 11.6 Å². The molecule has 0 fully saturated rings. The number of aromatic nitrogens is 1. The van der Waals surface area contributed by atoms with Gasteiger partial charge in [-0.3, -0.25) is 9.98 Å². The van der Waals surface area contributed by atoms with Crippen LogP contribution in [0.5, 0.6) is 0 Å². The lowest BCUT2D eigenvalue weighted by atomic mass is 10.2. The highest BCUT2D eigenvalue weighted by Gasteiger charge is 1.90. The van der Waals surface area contributed by atoms with E-state index in [0.717, 1.165) is 16.1 Å². The van der Waals surface area contributed by atoms with Crippen molar-refractivity contribution in [1.82, 2.24) is 4.98 Å². The monoisotopic (exact) mass is 230 g/mol. The van der Waals surface area contributed by atoms with Crippen LogP contribution in [0.15, 0.2) is 53.8 Å². The molecule has 0 aliphatic heterocycles. The molecule has 16 heavy (non-hydrogen) atoms. The van der Waals surface area contributed by atoms with Gasteiger partial charge in [-0.15, -0.1) is 0 Å². The van der Waals surface area contributed by atoms with Crippen molar-refractivity contribution in [2.75, 3.05) is 0 Å². The van der Waals surface area contributed by atoms with Crippen LogP contribution < -0.4 is 0 Å². The molecule has 2 rings (SSSR count). The van der Waals surface area contributed by atoms with E-state index >= 15 is 0 Å². The molecule has 1 aromatic heterocycles. The zero-order valence-electron chi connectivity index (χ0n) is 8.68. The summed E-state index contributed by atoms with van der Waals surface area (Å²) in [5.74, 6) is 0. The van der Waals surface area contributed by atoms with Gasteiger partial charge >= 0.3 is 0 Å². The van der Waals surface area contributed by atoms with Gasteiger partial charge in [-0.1, -0.05) is 29.8 Å². The van der Waals surface area contributed by atoms with Crippen LogP contribution in [0.25, 0.3) is 0 Å². The third kappa shape index (κ3) is 3.17. The third-order valence-electron chi connectivity index (χ3n) is 2.11. The molecule has 0 aliphatic carbocycles. The molecular formula is C13H11ClN2. The highest BCUT2D eigenvalue weighted by Crippen LogP contribution is 2.10. The van der Waals surface area contributed by atoms with Gasteiger partial charge in [0.2, 0.25) is 0 Å². The fourth-order valence-electron chi connectivity index (χ4n) is 1.30. The summed E-state index contributed by atoms with van der Waals surface area (Å²) in [5.41, 5.74) is 2.15. The number of aliphatic imine (C=N–C) groups is 1. The van der Waals surface area contributed by atoms with Crippen LogP contribution in [-0.2, 0) is 6.54 Å². The van der Waals surface area contributed by atoms with E-state index in [0.29, 0.717) is 6.54 Å². The molecule has 0 bridgehead atoms. The van der Waals surface area contributed by atoms with Gasteiger partial charge in [-0.05, 0) is 23.8 Å². The minimum atomic E-state index is 0.659. The highest BCUT2D eigenvalue weighted by molar-refractivity contribution is 6.30. The Kier molecular flexibility index (Phi) is 3.67. The maximum atomic E-state index is 5.79. The molecule has 0 aliphatic rings. The van der Waals surface area contributed by atoms with Crippen LogP contribution in [0.4, 0.5) is 0 Å². The van der Waals surface area contributed by atoms with E-state index in [2.05, 4.69) is 9.98 Å². The topological polar surface area (TPSA) is 25.2 Å². The second kappa shape index (κ2) is 5.42. The Hall–Kier alpha value is -1.67. The van der Waals surface area contributed by atoms with Gasteiger partial charge in [0.25, 0.3) is 0 Å². The predicted molar refractivity (Wildman–Crippen MR) is 67.0 cm³/mol. The molecule has 0 amide bonds. The molecule has 0 atom stereocenters. The average molecular weight is 231 g/mol. The molecule has 0 spiro atoms. The summed E-state index contributed by atoms with van der Waals surface area (Å²) in [6.07, 6.45) is 5.35. The van der Waals surface area contributed by atoms with Gasteiger partial charge in [0, 0.05) is 29.2 Å². The Balaban J connectivity index is 1.97. The second-order valence-electron chi connectivity index (χ2n) is 3.38. The van der Waals surface area contributed by atoms with Gasteiger partial charge < -0.3 is 0 Å². The van der Waals surface area contributed by atoms with Gasteiger partial charge in [-0.2, -0.15) is 0 Å². The van der Waals surface area contributed by atoms with Gasteiger partial charge in [0.1, 0.15) is 0 Å². The van der Waals surface area contributed by atoms with Crippen molar-refractivity contribution in [3.05, 3.63) is 64.9 Å². The molecule has 0 saturated heterocycles. The molecule has 0 radical (unpaired) electrons. The number of hydrogen-bond acceptors (Lipinski definition) is 2. The minimum absolute atomic E-state index is 0.659. The zero-order chi connectivity index (χ0) is 11.2. The standard InChI is InChI=1S/C13H11ClN2/c14-13-5-3-11(4-6-13)8-16-10-12-2-1-7-15-9-12/h1-7,9-10H,8H2. The highest BCUT2D eigenvalue weighted by atomic mass is 35.5. The number of benzene rings is 1. The second-order valence-corrected chi connectivity index (χ2v) is 3.82. The first-order chi connectivity index (χ1) is 7.84. The lowest BCUT2D eigenvalue weighted by Crippen LogP contribution is -1.84. The molecule has 0 N–H and O–H groups in total. The van der Waals surface area contributed by atoms with Gasteiger partial charge in [0.05, 0.1) is 6.54 Å². The Labute approximate surface area is 99.6 Å². The van der Waals surface area contributed by atoms with Crippen LogP contribution in [-0.4, -0.2) is 11.2 Å². The van der Waals surface area contributed by atoms with Crippen LogP contribution in [0, 0.1) is 0 Å². The summed E-state index contributed by atoms with van der Waals surface area (Å²) in [5, 5.41) is 0.750. The van der Waals surface area contributed by atoms with Crippen molar-refractivity contribution in [3.63, 3.8) is 0 Å². The quantitative estimate of drug-likeness (QED) is 0.743. The summed E-state index contributed by atoms with van der Waals surface area (Å²) < 4.78 is 0. The first-order valence-corrected chi connectivity index (χ1v) is 5.37. The Morgan fingerprint density at radius 3 is 2.69 bits per heavy atom. The number of rotatable bonds is 3. The maximum Gasteiger partial charge on any atom is 0.0640 e.